The first-order chi connectivity index (χ1) is 11.6. The second-order valence-corrected chi connectivity index (χ2v) is 5.13. The summed E-state index contributed by atoms with van der Waals surface area (Å²) in [5, 5.41) is 4.88. The Morgan fingerprint density at radius 1 is 1.16 bits per heavy atom. The summed E-state index contributed by atoms with van der Waals surface area (Å²) >= 11 is 0. The number of nitrogens with one attached hydrogen (secondary N) is 2. The Bertz CT molecular complexity index is 767. The Morgan fingerprint density at radius 2 is 1.80 bits per heavy atom. The van der Waals surface area contributed by atoms with Crippen molar-refractivity contribution in [3.8, 4) is 5.75 Å². The van der Waals surface area contributed by atoms with Gasteiger partial charge in [-0.1, -0.05) is 0 Å². The Labute approximate surface area is 141 Å². The number of anilines is 1. The highest BCUT2D eigenvalue weighted by molar-refractivity contribution is 5.99. The van der Waals surface area contributed by atoms with Crippen LogP contribution in [0.4, 0.5) is 18.9 Å². The third-order valence-electron chi connectivity index (χ3n) is 3.07. The highest BCUT2D eigenvalue weighted by Gasteiger charge is 2.30. The maximum atomic E-state index is 12.1. The van der Waals surface area contributed by atoms with Gasteiger partial charge in [-0.25, -0.2) is 0 Å². The Hall–Kier alpha value is -2.97. The molecule has 0 spiro atoms. The molecule has 0 bridgehead atoms. The van der Waals surface area contributed by atoms with Crippen LogP contribution in [0.3, 0.4) is 0 Å². The predicted molar refractivity (Wildman–Crippen MR) is 82.3 cm³/mol. The summed E-state index contributed by atoms with van der Waals surface area (Å²) < 4.78 is 45.1. The number of amides is 2. The normalized spacial score (nSPS) is 11.1. The van der Waals surface area contributed by atoms with Crippen LogP contribution >= 0.6 is 0 Å². The van der Waals surface area contributed by atoms with Gasteiger partial charge in [0.1, 0.15) is 17.3 Å². The summed E-state index contributed by atoms with van der Waals surface area (Å²) in [5.41, 5.74) is 0.600. The van der Waals surface area contributed by atoms with Gasteiger partial charge in [0.2, 0.25) is 5.91 Å². The van der Waals surface area contributed by atoms with E-state index < -0.39 is 23.9 Å². The van der Waals surface area contributed by atoms with E-state index in [0.29, 0.717) is 17.1 Å². The summed E-state index contributed by atoms with van der Waals surface area (Å²) in [7, 11) is 0. The largest absolute Gasteiger partial charge is 0.573 e. The summed E-state index contributed by atoms with van der Waals surface area (Å²) in [5.74, 6) is -0.373. The van der Waals surface area contributed by atoms with Crippen molar-refractivity contribution in [1.29, 1.82) is 0 Å². The van der Waals surface area contributed by atoms with Crippen LogP contribution in [0.1, 0.15) is 21.9 Å². The van der Waals surface area contributed by atoms with Gasteiger partial charge in [0.25, 0.3) is 5.91 Å². The molecule has 0 aliphatic heterocycles. The number of carbonyl (C=O) groups excluding carboxylic acids is 2. The van der Waals surface area contributed by atoms with Crippen molar-refractivity contribution < 1.29 is 31.9 Å². The van der Waals surface area contributed by atoms with E-state index in [1.54, 1.807) is 19.9 Å². The molecule has 1 aromatic heterocycles. The van der Waals surface area contributed by atoms with Gasteiger partial charge in [-0.05, 0) is 44.2 Å². The van der Waals surface area contributed by atoms with Gasteiger partial charge in [-0.3, -0.25) is 9.59 Å². The Morgan fingerprint density at radius 3 is 2.32 bits per heavy atom. The smallest absolute Gasteiger partial charge is 0.466 e. The van der Waals surface area contributed by atoms with Crippen molar-refractivity contribution in [3.63, 3.8) is 0 Å². The molecule has 134 valence electrons. The van der Waals surface area contributed by atoms with Crippen molar-refractivity contribution in [2.75, 3.05) is 11.9 Å². The lowest BCUT2D eigenvalue weighted by Crippen LogP contribution is -2.32. The van der Waals surface area contributed by atoms with E-state index in [1.165, 1.54) is 12.1 Å². The minimum Gasteiger partial charge on any atom is -0.466 e. The van der Waals surface area contributed by atoms with Gasteiger partial charge in [0, 0.05) is 5.69 Å². The highest BCUT2D eigenvalue weighted by atomic mass is 19.4. The van der Waals surface area contributed by atoms with E-state index in [1.807, 2.05) is 0 Å². The lowest BCUT2D eigenvalue weighted by molar-refractivity contribution is -0.274. The van der Waals surface area contributed by atoms with Crippen molar-refractivity contribution in [3.05, 3.63) is 47.4 Å². The molecule has 0 atom stereocenters. The number of aryl methyl sites for hydroxylation is 2. The first kappa shape index (κ1) is 18.4. The number of halogens is 3. The minimum absolute atomic E-state index is 0.268. The molecule has 0 saturated carbocycles. The zero-order chi connectivity index (χ0) is 18.6. The van der Waals surface area contributed by atoms with Crippen molar-refractivity contribution in [1.82, 2.24) is 5.32 Å². The fourth-order valence-electron chi connectivity index (χ4n) is 2.06. The number of benzene rings is 1. The number of carbonyl (C=O) groups is 2. The Kier molecular flexibility index (Phi) is 5.35. The molecule has 0 fully saturated rings. The van der Waals surface area contributed by atoms with Crippen LogP contribution in [0.5, 0.6) is 5.75 Å². The van der Waals surface area contributed by atoms with Crippen LogP contribution in [0.15, 0.2) is 34.7 Å². The third kappa shape index (κ3) is 5.55. The number of hydrogen-bond acceptors (Lipinski definition) is 4. The maximum absolute atomic E-state index is 12.1. The van der Waals surface area contributed by atoms with Crippen LogP contribution in [0, 0.1) is 13.8 Å². The number of hydrogen-bond donors (Lipinski definition) is 2. The fraction of sp³-hybridized carbons (Fsp3) is 0.250. The zero-order valence-electron chi connectivity index (χ0n) is 13.4. The van der Waals surface area contributed by atoms with Crippen LogP contribution in [0.25, 0.3) is 0 Å². The molecule has 2 rings (SSSR count). The van der Waals surface area contributed by atoms with Gasteiger partial charge in [0.15, 0.2) is 0 Å². The molecule has 0 unspecified atom stereocenters. The van der Waals surface area contributed by atoms with E-state index in [9.17, 15) is 22.8 Å². The SMILES string of the molecule is Cc1cc(C(=O)NCC(=O)Nc2ccc(OC(F)(F)F)cc2)c(C)o1. The summed E-state index contributed by atoms with van der Waals surface area (Å²) in [4.78, 5) is 23.7. The van der Waals surface area contributed by atoms with E-state index in [0.717, 1.165) is 12.1 Å². The van der Waals surface area contributed by atoms with Gasteiger partial charge in [-0.2, -0.15) is 0 Å². The van der Waals surface area contributed by atoms with Crippen molar-refractivity contribution in [2.45, 2.75) is 20.2 Å². The van der Waals surface area contributed by atoms with Crippen LogP contribution < -0.4 is 15.4 Å². The van der Waals surface area contributed by atoms with E-state index in [4.69, 9.17) is 4.42 Å². The lowest BCUT2D eigenvalue weighted by Gasteiger charge is -2.10. The number of rotatable bonds is 5. The monoisotopic (exact) mass is 356 g/mol. The highest BCUT2D eigenvalue weighted by Crippen LogP contribution is 2.23. The number of ether oxygens (including phenoxy) is 1. The summed E-state index contributed by atoms with van der Waals surface area (Å²) in [6.45, 7) is 3.03. The molecule has 25 heavy (non-hydrogen) atoms. The van der Waals surface area contributed by atoms with Gasteiger partial charge in [0.05, 0.1) is 12.1 Å². The van der Waals surface area contributed by atoms with Crippen molar-refractivity contribution >= 4 is 17.5 Å². The quantitative estimate of drug-likeness (QED) is 0.862. The Balaban J connectivity index is 1.86. The van der Waals surface area contributed by atoms with E-state index >= 15 is 0 Å². The zero-order valence-corrected chi connectivity index (χ0v) is 13.4. The molecule has 6 nitrogen and oxygen atoms in total. The van der Waals surface area contributed by atoms with Gasteiger partial charge in [-0.15, -0.1) is 13.2 Å². The number of alkyl halides is 3. The molecule has 0 saturated heterocycles. The average molecular weight is 356 g/mol. The standard InChI is InChI=1S/C16H15F3N2O4/c1-9-7-13(10(2)24-9)15(23)20-8-14(22)21-11-3-5-12(6-4-11)25-16(17,18)19/h3-7H,8H2,1-2H3,(H,20,23)(H,21,22). The molecule has 9 heteroatoms. The fourth-order valence-corrected chi connectivity index (χ4v) is 2.06. The third-order valence-corrected chi connectivity index (χ3v) is 3.07. The molecule has 2 amide bonds. The second-order valence-electron chi connectivity index (χ2n) is 5.13. The van der Waals surface area contributed by atoms with Crippen LogP contribution in [-0.4, -0.2) is 24.7 Å². The first-order valence-electron chi connectivity index (χ1n) is 7.15. The van der Waals surface area contributed by atoms with Crippen LogP contribution in [-0.2, 0) is 4.79 Å². The minimum atomic E-state index is -4.78. The lowest BCUT2D eigenvalue weighted by atomic mass is 10.2. The molecular weight excluding hydrogens is 341 g/mol. The number of furan rings is 1. The van der Waals surface area contributed by atoms with E-state index in [2.05, 4.69) is 15.4 Å². The first-order valence-corrected chi connectivity index (χ1v) is 7.15. The molecular formula is C16H15F3N2O4. The average Bonchev–Trinajstić information content (AvgIpc) is 2.84. The summed E-state index contributed by atoms with van der Waals surface area (Å²) in [6, 6.07) is 6.20. The molecule has 0 aliphatic rings. The molecule has 0 aliphatic carbocycles. The molecule has 2 aromatic rings. The second kappa shape index (κ2) is 7.29. The van der Waals surface area contributed by atoms with Crippen molar-refractivity contribution in [2.24, 2.45) is 0 Å². The molecule has 2 N–H and O–H groups in total. The van der Waals surface area contributed by atoms with Gasteiger partial charge >= 0.3 is 6.36 Å². The summed E-state index contributed by atoms with van der Waals surface area (Å²) in [6.07, 6.45) is -4.78. The predicted octanol–water partition coefficient (Wildman–Crippen LogP) is 3.16. The topological polar surface area (TPSA) is 80.6 Å². The van der Waals surface area contributed by atoms with Gasteiger partial charge < -0.3 is 19.8 Å². The van der Waals surface area contributed by atoms with Crippen LogP contribution in [0.2, 0.25) is 0 Å². The molecule has 1 heterocycles. The molecule has 1 aromatic carbocycles. The molecule has 0 radical (unpaired) electrons. The maximum Gasteiger partial charge on any atom is 0.573 e. The van der Waals surface area contributed by atoms with E-state index in [-0.39, 0.29) is 12.2 Å².